The van der Waals surface area contributed by atoms with Crippen molar-refractivity contribution in [1.82, 2.24) is 5.32 Å². The first-order chi connectivity index (χ1) is 13.6. The van der Waals surface area contributed by atoms with Crippen molar-refractivity contribution in [3.8, 4) is 0 Å². The minimum atomic E-state index is -3.30. The molecule has 2 aromatic rings. The van der Waals surface area contributed by atoms with Gasteiger partial charge in [-0.25, -0.2) is 13.2 Å². The van der Waals surface area contributed by atoms with Crippen LogP contribution in [0.5, 0.6) is 0 Å². The average Bonchev–Trinajstić information content (AvgIpc) is 2.62. The molecule has 0 aliphatic heterocycles. The van der Waals surface area contributed by atoms with E-state index in [1.54, 1.807) is 24.3 Å². The number of amides is 2. The Balaban J connectivity index is 2.04. The van der Waals surface area contributed by atoms with Crippen molar-refractivity contribution in [2.24, 2.45) is 0 Å². The van der Waals surface area contributed by atoms with Gasteiger partial charge in [0, 0.05) is 11.9 Å². The third-order valence-electron chi connectivity index (χ3n) is 4.09. The standard InChI is InChI=1S/C21H26N2O5S/c1-15-11-16(2)13-18(12-15)22-20(24)19(9-10-29(3,26)27)23-21(25)28-14-17-7-5-4-6-8-17/h4-8,11-13,19H,9-10,14H2,1-3H3,(H,22,24)(H,23,25). The molecule has 8 heteroatoms. The van der Waals surface area contributed by atoms with Crippen molar-refractivity contribution in [3.05, 3.63) is 65.2 Å². The van der Waals surface area contributed by atoms with Crippen LogP contribution < -0.4 is 10.6 Å². The fourth-order valence-corrected chi connectivity index (χ4v) is 3.45. The lowest BCUT2D eigenvalue weighted by molar-refractivity contribution is -0.118. The molecule has 0 radical (unpaired) electrons. The van der Waals surface area contributed by atoms with Crippen LogP contribution in [-0.2, 0) is 26.0 Å². The molecule has 1 unspecified atom stereocenters. The summed E-state index contributed by atoms with van der Waals surface area (Å²) < 4.78 is 28.2. The molecule has 0 fully saturated rings. The quantitative estimate of drug-likeness (QED) is 0.686. The topological polar surface area (TPSA) is 102 Å². The first-order valence-corrected chi connectivity index (χ1v) is 11.2. The molecule has 2 amide bonds. The molecular weight excluding hydrogens is 392 g/mol. The maximum absolute atomic E-state index is 12.7. The van der Waals surface area contributed by atoms with E-state index in [4.69, 9.17) is 4.74 Å². The zero-order valence-corrected chi connectivity index (χ0v) is 17.6. The number of ether oxygens (including phenoxy) is 1. The molecular formula is C21H26N2O5S. The molecule has 0 spiro atoms. The van der Waals surface area contributed by atoms with Crippen molar-refractivity contribution in [3.63, 3.8) is 0 Å². The van der Waals surface area contributed by atoms with Gasteiger partial charge in [-0.15, -0.1) is 0 Å². The van der Waals surface area contributed by atoms with Gasteiger partial charge in [0.15, 0.2) is 0 Å². The van der Waals surface area contributed by atoms with Crippen LogP contribution in [0.4, 0.5) is 10.5 Å². The second kappa shape index (κ2) is 10.1. The fraction of sp³-hybridized carbons (Fsp3) is 0.333. The normalized spacial score (nSPS) is 12.1. The number of carbonyl (C=O) groups is 2. The van der Waals surface area contributed by atoms with Crippen LogP contribution in [0.1, 0.15) is 23.1 Å². The minimum absolute atomic E-state index is 0.0458. The SMILES string of the molecule is Cc1cc(C)cc(NC(=O)C(CCS(C)(=O)=O)NC(=O)OCc2ccccc2)c1. The van der Waals surface area contributed by atoms with E-state index in [-0.39, 0.29) is 18.8 Å². The van der Waals surface area contributed by atoms with Crippen molar-refractivity contribution >= 4 is 27.5 Å². The molecule has 0 aliphatic carbocycles. The molecule has 156 valence electrons. The summed E-state index contributed by atoms with van der Waals surface area (Å²) in [6.45, 7) is 3.86. The number of alkyl carbamates (subject to hydrolysis) is 1. The highest BCUT2D eigenvalue weighted by atomic mass is 32.2. The van der Waals surface area contributed by atoms with Crippen LogP contribution >= 0.6 is 0 Å². The Hall–Kier alpha value is -2.87. The van der Waals surface area contributed by atoms with E-state index in [9.17, 15) is 18.0 Å². The Kier molecular flexibility index (Phi) is 7.78. The Labute approximate surface area is 171 Å². The van der Waals surface area contributed by atoms with Gasteiger partial charge in [-0.3, -0.25) is 4.79 Å². The number of benzene rings is 2. The molecule has 0 saturated carbocycles. The number of sulfone groups is 1. The summed E-state index contributed by atoms with van der Waals surface area (Å²) in [5.41, 5.74) is 3.33. The number of hydrogen-bond acceptors (Lipinski definition) is 5. The van der Waals surface area contributed by atoms with Crippen molar-refractivity contribution in [1.29, 1.82) is 0 Å². The summed E-state index contributed by atoms with van der Waals surface area (Å²) >= 11 is 0. The van der Waals surface area contributed by atoms with Gasteiger partial charge in [-0.05, 0) is 49.1 Å². The molecule has 2 aromatic carbocycles. The highest BCUT2D eigenvalue weighted by Crippen LogP contribution is 2.14. The first-order valence-electron chi connectivity index (χ1n) is 9.16. The lowest BCUT2D eigenvalue weighted by atomic mass is 10.1. The van der Waals surface area contributed by atoms with E-state index >= 15 is 0 Å². The molecule has 7 nitrogen and oxygen atoms in total. The summed E-state index contributed by atoms with van der Waals surface area (Å²) in [7, 11) is -3.30. The van der Waals surface area contributed by atoms with Gasteiger partial charge in [0.2, 0.25) is 5.91 Å². The maximum Gasteiger partial charge on any atom is 0.408 e. The summed E-state index contributed by atoms with van der Waals surface area (Å²) in [6.07, 6.45) is 0.234. The molecule has 0 aromatic heterocycles. The second-order valence-electron chi connectivity index (χ2n) is 7.04. The van der Waals surface area contributed by atoms with Gasteiger partial charge in [0.25, 0.3) is 0 Å². The van der Waals surface area contributed by atoms with E-state index in [2.05, 4.69) is 10.6 Å². The second-order valence-corrected chi connectivity index (χ2v) is 9.30. The van der Waals surface area contributed by atoms with Crippen LogP contribution in [0.2, 0.25) is 0 Å². The molecule has 0 heterocycles. The molecule has 0 bridgehead atoms. The van der Waals surface area contributed by atoms with E-state index in [1.807, 2.05) is 38.1 Å². The summed E-state index contributed by atoms with van der Waals surface area (Å²) in [6, 6.07) is 13.6. The predicted molar refractivity (Wildman–Crippen MR) is 112 cm³/mol. The van der Waals surface area contributed by atoms with E-state index in [0.717, 1.165) is 22.9 Å². The summed E-state index contributed by atoms with van der Waals surface area (Å²) in [5.74, 6) is -0.744. The predicted octanol–water partition coefficient (Wildman–Crippen LogP) is 2.97. The third-order valence-corrected chi connectivity index (χ3v) is 5.07. The Bertz CT molecular complexity index is 938. The molecule has 2 N–H and O–H groups in total. The van der Waals surface area contributed by atoms with E-state index in [0.29, 0.717) is 5.69 Å². The van der Waals surface area contributed by atoms with Gasteiger partial charge >= 0.3 is 6.09 Å². The zero-order valence-electron chi connectivity index (χ0n) is 16.8. The average molecular weight is 419 g/mol. The minimum Gasteiger partial charge on any atom is -0.445 e. The van der Waals surface area contributed by atoms with Gasteiger partial charge in [0.1, 0.15) is 22.5 Å². The summed E-state index contributed by atoms with van der Waals surface area (Å²) in [4.78, 5) is 24.8. The van der Waals surface area contributed by atoms with Crippen molar-refractivity contribution < 1.29 is 22.7 Å². The molecule has 0 saturated heterocycles. The van der Waals surface area contributed by atoms with Gasteiger partial charge in [-0.2, -0.15) is 0 Å². The summed E-state index contributed by atoms with van der Waals surface area (Å²) in [5, 5.41) is 5.21. The maximum atomic E-state index is 12.7. The van der Waals surface area contributed by atoms with Crippen LogP contribution in [0.25, 0.3) is 0 Å². The van der Waals surface area contributed by atoms with Crippen molar-refractivity contribution in [2.75, 3.05) is 17.3 Å². The highest BCUT2D eigenvalue weighted by molar-refractivity contribution is 7.90. The van der Waals surface area contributed by atoms with Crippen molar-refractivity contribution in [2.45, 2.75) is 32.9 Å². The molecule has 29 heavy (non-hydrogen) atoms. The van der Waals surface area contributed by atoms with E-state index in [1.165, 1.54) is 0 Å². The largest absolute Gasteiger partial charge is 0.445 e. The van der Waals surface area contributed by atoms with Crippen LogP contribution in [0.15, 0.2) is 48.5 Å². The Morgan fingerprint density at radius 2 is 1.66 bits per heavy atom. The number of rotatable bonds is 8. The number of nitrogens with one attached hydrogen (secondary N) is 2. The number of aryl methyl sites for hydroxylation is 2. The number of hydrogen-bond donors (Lipinski definition) is 2. The van der Waals surface area contributed by atoms with E-state index < -0.39 is 27.9 Å². The van der Waals surface area contributed by atoms with Crippen LogP contribution in [0, 0.1) is 13.8 Å². The lowest BCUT2D eigenvalue weighted by Crippen LogP contribution is -2.45. The van der Waals surface area contributed by atoms with Gasteiger partial charge in [0.05, 0.1) is 5.75 Å². The third kappa shape index (κ3) is 8.35. The number of anilines is 1. The monoisotopic (exact) mass is 418 g/mol. The van der Waals surface area contributed by atoms with Gasteiger partial charge in [-0.1, -0.05) is 36.4 Å². The Morgan fingerprint density at radius 1 is 1.03 bits per heavy atom. The fourth-order valence-electron chi connectivity index (χ4n) is 2.78. The first kappa shape index (κ1) is 22.4. The van der Waals surface area contributed by atoms with Crippen LogP contribution in [0.3, 0.4) is 0 Å². The molecule has 1 atom stereocenters. The Morgan fingerprint density at radius 3 is 2.24 bits per heavy atom. The number of carbonyl (C=O) groups excluding carboxylic acids is 2. The lowest BCUT2D eigenvalue weighted by Gasteiger charge is -2.18. The van der Waals surface area contributed by atoms with Crippen LogP contribution in [-0.4, -0.2) is 38.5 Å². The zero-order chi connectivity index (χ0) is 21.4. The molecule has 0 aliphatic rings. The molecule has 2 rings (SSSR count). The smallest absolute Gasteiger partial charge is 0.408 e. The highest BCUT2D eigenvalue weighted by Gasteiger charge is 2.23. The van der Waals surface area contributed by atoms with Gasteiger partial charge < -0.3 is 15.4 Å².